The van der Waals surface area contributed by atoms with Crippen LogP contribution in [0.3, 0.4) is 0 Å². The summed E-state index contributed by atoms with van der Waals surface area (Å²) in [5.41, 5.74) is 1.53. The van der Waals surface area contributed by atoms with Crippen molar-refractivity contribution >= 4 is 35.1 Å². The van der Waals surface area contributed by atoms with Crippen molar-refractivity contribution in [1.82, 2.24) is 14.7 Å². The highest BCUT2D eigenvalue weighted by molar-refractivity contribution is 8.00. The Morgan fingerprint density at radius 2 is 2.18 bits per heavy atom. The van der Waals surface area contributed by atoms with Gasteiger partial charge in [-0.3, -0.25) is 4.68 Å². The van der Waals surface area contributed by atoms with Gasteiger partial charge in [0.15, 0.2) is 0 Å². The lowest BCUT2D eigenvalue weighted by Gasteiger charge is -2.34. The number of urea groups is 1. The van der Waals surface area contributed by atoms with E-state index in [1.807, 2.05) is 29.6 Å². The number of aromatic nitrogens is 2. The molecule has 0 aliphatic carbocycles. The lowest BCUT2D eigenvalue weighted by molar-refractivity contribution is 0.1000. The number of carbonyl (C=O) groups is 1. The average Bonchev–Trinajstić information content (AvgIpc) is 3.06. The number of nitrogens with one attached hydrogen (secondary N) is 1. The van der Waals surface area contributed by atoms with Crippen LogP contribution in [0.5, 0.6) is 0 Å². The summed E-state index contributed by atoms with van der Waals surface area (Å²) in [6.07, 6.45) is 3.96. The maximum Gasteiger partial charge on any atom is 0.322 e. The molecule has 3 heterocycles. The fourth-order valence-corrected chi connectivity index (χ4v) is 4.87. The number of rotatable bonds is 3. The molecule has 1 fully saturated rings. The third-order valence-corrected chi connectivity index (χ3v) is 6.78. The minimum absolute atomic E-state index is 0.00995. The van der Waals surface area contributed by atoms with Crippen molar-refractivity contribution in [2.75, 3.05) is 18.5 Å². The summed E-state index contributed by atoms with van der Waals surface area (Å²) < 4.78 is 20.8. The quantitative estimate of drug-likeness (QED) is 0.794. The Balaban J connectivity index is 1.47. The molecule has 0 unspecified atom stereocenters. The lowest BCUT2D eigenvalue weighted by atomic mass is 10.2. The molecule has 0 radical (unpaired) electrons. The number of amides is 2. The number of nitrogens with zero attached hydrogens (tertiary/aromatic N) is 3. The van der Waals surface area contributed by atoms with Gasteiger partial charge in [0.2, 0.25) is 0 Å². The number of fused-ring (bicyclic) bond motifs is 1. The number of halogens is 2. The first kappa shape index (κ1) is 19.5. The van der Waals surface area contributed by atoms with Crippen LogP contribution in [0, 0.1) is 5.82 Å². The number of benzene rings is 1. The molecule has 0 saturated carbocycles. The van der Waals surface area contributed by atoms with E-state index in [1.165, 1.54) is 18.2 Å². The smallest absolute Gasteiger partial charge is 0.322 e. The standard InChI is InChI=1S/C19H22ClFN4O2S/c1-12-10-25-17(18(9-22-25)28-14-4-6-27-7-5-14)11-24(12)19(26)23-13-2-3-16(21)15(20)8-13/h2-3,8-9,12,14H,4-7,10-11H2,1H3,(H,23,26)/t12-/m0/s1. The fraction of sp³-hybridized carbons (Fsp3) is 0.474. The minimum atomic E-state index is -0.510. The highest BCUT2D eigenvalue weighted by Crippen LogP contribution is 2.34. The fourth-order valence-electron chi connectivity index (χ4n) is 3.49. The van der Waals surface area contributed by atoms with Gasteiger partial charge in [-0.25, -0.2) is 9.18 Å². The van der Waals surface area contributed by atoms with Gasteiger partial charge in [-0.2, -0.15) is 5.10 Å². The van der Waals surface area contributed by atoms with Crippen molar-refractivity contribution < 1.29 is 13.9 Å². The van der Waals surface area contributed by atoms with E-state index in [0.717, 1.165) is 36.6 Å². The number of ether oxygens (including phenoxy) is 1. The van der Waals surface area contributed by atoms with E-state index in [0.29, 0.717) is 24.0 Å². The molecule has 9 heteroatoms. The molecule has 0 spiro atoms. The maximum atomic E-state index is 13.3. The molecule has 2 aliphatic rings. The first-order valence-corrected chi connectivity index (χ1v) is 10.6. The lowest BCUT2D eigenvalue weighted by Crippen LogP contribution is -2.47. The van der Waals surface area contributed by atoms with Gasteiger partial charge >= 0.3 is 6.03 Å². The summed E-state index contributed by atoms with van der Waals surface area (Å²) in [6.45, 7) is 4.71. The molecule has 6 nitrogen and oxygen atoms in total. The van der Waals surface area contributed by atoms with Crippen LogP contribution in [0.1, 0.15) is 25.5 Å². The summed E-state index contributed by atoms with van der Waals surface area (Å²) in [7, 11) is 0. The van der Waals surface area contributed by atoms with E-state index >= 15 is 0 Å². The normalized spacial score (nSPS) is 20.1. The molecule has 150 valence electrons. The molecule has 1 atom stereocenters. The molecule has 2 amide bonds. The first-order chi connectivity index (χ1) is 13.5. The van der Waals surface area contributed by atoms with Crippen LogP contribution < -0.4 is 5.32 Å². The predicted molar refractivity (Wildman–Crippen MR) is 107 cm³/mol. The van der Waals surface area contributed by atoms with Crippen LogP contribution in [0.15, 0.2) is 29.3 Å². The van der Waals surface area contributed by atoms with Crippen molar-refractivity contribution in [2.24, 2.45) is 0 Å². The first-order valence-electron chi connectivity index (χ1n) is 9.33. The summed E-state index contributed by atoms with van der Waals surface area (Å²) >= 11 is 7.64. The Morgan fingerprint density at radius 1 is 1.39 bits per heavy atom. The summed E-state index contributed by atoms with van der Waals surface area (Å²) in [5, 5.41) is 7.84. The number of anilines is 1. The minimum Gasteiger partial charge on any atom is -0.381 e. The molecule has 2 aromatic rings. The van der Waals surface area contributed by atoms with Gasteiger partial charge in [-0.05, 0) is 38.0 Å². The Hall–Kier alpha value is -1.77. The Kier molecular flexibility index (Phi) is 5.80. The third kappa shape index (κ3) is 4.14. The zero-order valence-electron chi connectivity index (χ0n) is 15.5. The van der Waals surface area contributed by atoms with E-state index in [2.05, 4.69) is 10.4 Å². The van der Waals surface area contributed by atoms with Gasteiger partial charge in [-0.15, -0.1) is 11.8 Å². The van der Waals surface area contributed by atoms with E-state index in [4.69, 9.17) is 16.3 Å². The maximum absolute atomic E-state index is 13.3. The monoisotopic (exact) mass is 424 g/mol. The van der Waals surface area contributed by atoms with Gasteiger partial charge in [0.1, 0.15) is 5.82 Å². The molecule has 0 bridgehead atoms. The van der Waals surface area contributed by atoms with Gasteiger partial charge in [0.05, 0.1) is 40.9 Å². The summed E-state index contributed by atoms with van der Waals surface area (Å²) in [5.74, 6) is -0.510. The van der Waals surface area contributed by atoms with Gasteiger partial charge in [0.25, 0.3) is 0 Å². The van der Waals surface area contributed by atoms with E-state index in [-0.39, 0.29) is 17.1 Å². The van der Waals surface area contributed by atoms with Gasteiger partial charge in [-0.1, -0.05) is 11.6 Å². The summed E-state index contributed by atoms with van der Waals surface area (Å²) in [4.78, 5) is 15.7. The molecular weight excluding hydrogens is 403 g/mol. The molecule has 1 aromatic carbocycles. The predicted octanol–water partition coefficient (Wildman–Crippen LogP) is 4.38. The molecular formula is C19H22ClFN4O2S. The van der Waals surface area contributed by atoms with Crippen molar-refractivity contribution in [3.05, 3.63) is 40.9 Å². The molecule has 2 aliphatic heterocycles. The van der Waals surface area contributed by atoms with Crippen molar-refractivity contribution in [2.45, 2.75) is 49.0 Å². The Bertz CT molecular complexity index is 872. The van der Waals surface area contributed by atoms with Crippen LogP contribution in [0.4, 0.5) is 14.9 Å². The van der Waals surface area contributed by atoms with Crippen molar-refractivity contribution in [1.29, 1.82) is 0 Å². The van der Waals surface area contributed by atoms with Crippen LogP contribution in [0.25, 0.3) is 0 Å². The van der Waals surface area contributed by atoms with Crippen LogP contribution >= 0.6 is 23.4 Å². The van der Waals surface area contributed by atoms with Gasteiger partial charge < -0.3 is 15.0 Å². The highest BCUT2D eigenvalue weighted by atomic mass is 35.5. The Labute approximate surface area is 172 Å². The zero-order valence-corrected chi connectivity index (χ0v) is 17.1. The highest BCUT2D eigenvalue weighted by Gasteiger charge is 2.30. The second-order valence-corrected chi connectivity index (χ2v) is 8.85. The zero-order chi connectivity index (χ0) is 19.7. The van der Waals surface area contributed by atoms with Crippen molar-refractivity contribution in [3.63, 3.8) is 0 Å². The molecule has 1 aromatic heterocycles. The average molecular weight is 425 g/mol. The van der Waals surface area contributed by atoms with E-state index in [9.17, 15) is 9.18 Å². The van der Waals surface area contributed by atoms with Crippen LogP contribution in [-0.4, -0.2) is 45.2 Å². The summed E-state index contributed by atoms with van der Waals surface area (Å²) in [6, 6.07) is 3.92. The SMILES string of the molecule is C[C@H]1Cn2ncc(SC3CCOCC3)c2CN1C(=O)Nc1ccc(F)c(Cl)c1. The topological polar surface area (TPSA) is 59.4 Å². The van der Waals surface area contributed by atoms with E-state index < -0.39 is 5.82 Å². The van der Waals surface area contributed by atoms with Crippen LogP contribution in [0.2, 0.25) is 5.02 Å². The molecule has 4 rings (SSSR count). The second-order valence-electron chi connectivity index (χ2n) is 7.10. The second kappa shape index (κ2) is 8.31. The molecule has 1 saturated heterocycles. The number of carbonyl (C=O) groups excluding carboxylic acids is 1. The Morgan fingerprint density at radius 3 is 2.93 bits per heavy atom. The van der Waals surface area contributed by atoms with E-state index in [1.54, 1.807) is 4.90 Å². The third-order valence-electron chi connectivity index (χ3n) is 5.09. The number of thioether (sulfide) groups is 1. The molecule has 1 N–H and O–H groups in total. The number of hydrogen-bond acceptors (Lipinski definition) is 4. The van der Waals surface area contributed by atoms with Crippen molar-refractivity contribution in [3.8, 4) is 0 Å². The molecule has 28 heavy (non-hydrogen) atoms. The number of hydrogen-bond donors (Lipinski definition) is 1. The van der Waals surface area contributed by atoms with Gasteiger partial charge in [0, 0.05) is 24.2 Å². The van der Waals surface area contributed by atoms with Crippen LogP contribution in [-0.2, 0) is 17.8 Å². The largest absolute Gasteiger partial charge is 0.381 e.